The Balaban J connectivity index is 1.88. The highest BCUT2D eigenvalue weighted by molar-refractivity contribution is 4.98. The van der Waals surface area contributed by atoms with Crippen LogP contribution < -0.4 is 5.32 Å². The number of rotatable bonds is 6. The first-order chi connectivity index (χ1) is 5.93. The van der Waals surface area contributed by atoms with Crippen molar-refractivity contribution in [3.05, 3.63) is 12.0 Å². The Kier molecular flexibility index (Phi) is 4.61. The molecule has 0 aromatic rings. The van der Waals surface area contributed by atoms with Crippen molar-refractivity contribution in [2.24, 2.45) is 0 Å². The molecule has 1 aliphatic rings. The normalized spacial score (nSPS) is 15.6. The minimum absolute atomic E-state index is 0.783. The first-order valence-electron chi connectivity index (χ1n) is 4.55. The van der Waals surface area contributed by atoms with Crippen LogP contribution in [-0.2, 0) is 9.47 Å². The molecule has 0 aliphatic carbocycles. The molecule has 12 heavy (non-hydrogen) atoms. The van der Waals surface area contributed by atoms with Gasteiger partial charge in [-0.2, -0.15) is 0 Å². The minimum Gasteiger partial charge on any atom is -0.499 e. The number of hydrogen-bond donors (Lipinski definition) is 1. The van der Waals surface area contributed by atoms with E-state index in [1.165, 1.54) is 5.70 Å². The highest BCUT2D eigenvalue weighted by atomic mass is 16.5. The summed E-state index contributed by atoms with van der Waals surface area (Å²) in [5.74, 6) is 0. The van der Waals surface area contributed by atoms with Crippen LogP contribution in [0.5, 0.6) is 0 Å². The van der Waals surface area contributed by atoms with Crippen LogP contribution in [0.2, 0.25) is 0 Å². The van der Waals surface area contributed by atoms with E-state index in [9.17, 15) is 0 Å². The number of hydrogen-bond acceptors (Lipinski definition) is 3. The first-order valence-corrected chi connectivity index (χ1v) is 4.55. The molecule has 3 heteroatoms. The number of ether oxygens (including phenoxy) is 2. The Hall–Kier alpha value is -0.700. The van der Waals surface area contributed by atoms with Gasteiger partial charge in [-0.15, -0.1) is 0 Å². The zero-order chi connectivity index (χ0) is 8.65. The van der Waals surface area contributed by atoms with E-state index in [4.69, 9.17) is 9.47 Å². The van der Waals surface area contributed by atoms with Gasteiger partial charge in [0, 0.05) is 25.3 Å². The molecule has 0 unspecified atom stereocenters. The van der Waals surface area contributed by atoms with Crippen molar-refractivity contribution in [3.63, 3.8) is 0 Å². The molecule has 0 fully saturated rings. The average Bonchev–Trinajstić information content (AvgIpc) is 2.57. The largest absolute Gasteiger partial charge is 0.499 e. The fourth-order valence-electron chi connectivity index (χ4n) is 1.05. The smallest absolute Gasteiger partial charge is 0.102 e. The average molecular weight is 171 g/mol. The fraction of sp³-hybridized carbons (Fsp3) is 0.778. The zero-order valence-corrected chi connectivity index (χ0v) is 7.64. The van der Waals surface area contributed by atoms with Crippen LogP contribution in [0.3, 0.4) is 0 Å². The molecule has 0 saturated heterocycles. The van der Waals surface area contributed by atoms with Gasteiger partial charge in [0.2, 0.25) is 0 Å². The Morgan fingerprint density at radius 1 is 1.58 bits per heavy atom. The van der Waals surface area contributed by atoms with Gasteiger partial charge >= 0.3 is 0 Å². The molecule has 0 aromatic carbocycles. The predicted molar refractivity (Wildman–Crippen MR) is 47.8 cm³/mol. The van der Waals surface area contributed by atoms with Crippen molar-refractivity contribution in [1.82, 2.24) is 5.32 Å². The maximum atomic E-state index is 5.31. The van der Waals surface area contributed by atoms with Crippen molar-refractivity contribution in [2.75, 3.05) is 26.4 Å². The van der Waals surface area contributed by atoms with E-state index < -0.39 is 0 Å². The fourth-order valence-corrected chi connectivity index (χ4v) is 1.05. The Bertz CT molecular complexity index is 145. The van der Waals surface area contributed by atoms with Crippen LogP contribution in [0.4, 0.5) is 0 Å². The zero-order valence-electron chi connectivity index (χ0n) is 7.64. The maximum absolute atomic E-state index is 5.31. The van der Waals surface area contributed by atoms with Crippen LogP contribution in [0.25, 0.3) is 0 Å². The van der Waals surface area contributed by atoms with E-state index in [0.717, 1.165) is 39.2 Å². The molecule has 1 N–H and O–H groups in total. The van der Waals surface area contributed by atoms with Gasteiger partial charge in [-0.25, -0.2) is 0 Å². The van der Waals surface area contributed by atoms with Gasteiger partial charge < -0.3 is 14.8 Å². The summed E-state index contributed by atoms with van der Waals surface area (Å²) < 4.78 is 10.4. The third-order valence-electron chi connectivity index (χ3n) is 1.66. The van der Waals surface area contributed by atoms with Crippen molar-refractivity contribution < 1.29 is 9.47 Å². The van der Waals surface area contributed by atoms with Crippen LogP contribution in [0.15, 0.2) is 12.0 Å². The molecule has 0 spiro atoms. The minimum atomic E-state index is 0.783. The monoisotopic (exact) mass is 171 g/mol. The molecule has 1 heterocycles. The topological polar surface area (TPSA) is 30.5 Å². The highest BCUT2D eigenvalue weighted by Gasteiger charge is 2.02. The predicted octanol–water partition coefficient (Wildman–Crippen LogP) is 1.26. The summed E-state index contributed by atoms with van der Waals surface area (Å²) in [5, 5.41) is 3.25. The summed E-state index contributed by atoms with van der Waals surface area (Å²) in [6, 6.07) is 0. The van der Waals surface area contributed by atoms with Gasteiger partial charge in [0.1, 0.15) is 6.26 Å². The summed E-state index contributed by atoms with van der Waals surface area (Å²) in [6.07, 6.45) is 3.89. The summed E-state index contributed by atoms with van der Waals surface area (Å²) in [5.41, 5.74) is 1.19. The van der Waals surface area contributed by atoms with Crippen molar-refractivity contribution >= 4 is 0 Å². The molecule has 0 bridgehead atoms. The molecule has 0 atom stereocenters. The summed E-state index contributed by atoms with van der Waals surface area (Å²) >= 11 is 0. The quantitative estimate of drug-likeness (QED) is 0.610. The van der Waals surface area contributed by atoms with Crippen LogP contribution in [0, 0.1) is 0 Å². The van der Waals surface area contributed by atoms with Crippen molar-refractivity contribution in [3.8, 4) is 0 Å². The molecule has 3 nitrogen and oxygen atoms in total. The lowest BCUT2D eigenvalue weighted by molar-refractivity contribution is 0.138. The van der Waals surface area contributed by atoms with Crippen molar-refractivity contribution in [2.45, 2.75) is 19.8 Å². The van der Waals surface area contributed by atoms with Gasteiger partial charge in [0.25, 0.3) is 0 Å². The summed E-state index contributed by atoms with van der Waals surface area (Å²) in [6.45, 7) is 5.45. The van der Waals surface area contributed by atoms with Gasteiger partial charge in [0.15, 0.2) is 0 Å². The molecule has 70 valence electrons. The van der Waals surface area contributed by atoms with Gasteiger partial charge in [0.05, 0.1) is 13.2 Å². The van der Waals surface area contributed by atoms with Crippen molar-refractivity contribution in [1.29, 1.82) is 0 Å². The lowest BCUT2D eigenvalue weighted by Crippen LogP contribution is -2.18. The second-order valence-electron chi connectivity index (χ2n) is 2.80. The highest BCUT2D eigenvalue weighted by Crippen LogP contribution is 2.05. The molecule has 0 aromatic heterocycles. The Morgan fingerprint density at radius 2 is 2.50 bits per heavy atom. The van der Waals surface area contributed by atoms with E-state index >= 15 is 0 Å². The van der Waals surface area contributed by atoms with Crippen LogP contribution >= 0.6 is 0 Å². The molecule has 0 radical (unpaired) electrons. The Morgan fingerprint density at radius 3 is 3.17 bits per heavy atom. The summed E-state index contributed by atoms with van der Waals surface area (Å²) in [7, 11) is 0. The van der Waals surface area contributed by atoms with Crippen LogP contribution in [-0.4, -0.2) is 26.4 Å². The molecule has 1 rings (SSSR count). The first kappa shape index (κ1) is 9.39. The van der Waals surface area contributed by atoms with Crippen LogP contribution in [0.1, 0.15) is 19.8 Å². The third-order valence-corrected chi connectivity index (χ3v) is 1.66. The lowest BCUT2D eigenvalue weighted by atomic mass is 10.4. The molecule has 0 saturated carbocycles. The van der Waals surface area contributed by atoms with E-state index in [2.05, 4.69) is 12.2 Å². The Labute approximate surface area is 73.7 Å². The SMILES string of the molecule is CCCOCCNC1=COCC1. The van der Waals surface area contributed by atoms with E-state index in [1.54, 1.807) is 6.26 Å². The number of nitrogens with one attached hydrogen (secondary N) is 1. The van der Waals surface area contributed by atoms with E-state index in [1.807, 2.05) is 0 Å². The molecular formula is C9H17NO2. The van der Waals surface area contributed by atoms with Gasteiger partial charge in [-0.05, 0) is 6.42 Å². The molecular weight excluding hydrogens is 154 g/mol. The van der Waals surface area contributed by atoms with E-state index in [-0.39, 0.29) is 0 Å². The van der Waals surface area contributed by atoms with Gasteiger partial charge in [-0.1, -0.05) is 6.92 Å². The second-order valence-corrected chi connectivity index (χ2v) is 2.80. The lowest BCUT2D eigenvalue weighted by Gasteiger charge is -2.05. The molecule has 0 amide bonds. The van der Waals surface area contributed by atoms with E-state index in [0.29, 0.717) is 0 Å². The molecule has 1 aliphatic heterocycles. The second kappa shape index (κ2) is 5.89. The third kappa shape index (κ3) is 3.62. The summed E-state index contributed by atoms with van der Waals surface area (Å²) in [4.78, 5) is 0. The standard InChI is InChI=1S/C9H17NO2/c1-2-5-11-7-4-10-9-3-6-12-8-9/h8,10H,2-7H2,1H3. The maximum Gasteiger partial charge on any atom is 0.102 e. The van der Waals surface area contributed by atoms with Gasteiger partial charge in [-0.3, -0.25) is 0 Å².